The van der Waals surface area contributed by atoms with E-state index < -0.39 is 11.6 Å². The van der Waals surface area contributed by atoms with Gasteiger partial charge in [0.15, 0.2) is 0 Å². The number of urea groups is 1. The topological polar surface area (TPSA) is 78.5 Å². The smallest absolute Gasteiger partial charge is 0.325 e. The summed E-state index contributed by atoms with van der Waals surface area (Å²) in [6.07, 6.45) is 5.00. The van der Waals surface area contributed by atoms with Crippen molar-refractivity contribution in [2.75, 3.05) is 6.54 Å². The third kappa shape index (κ3) is 3.04. The van der Waals surface area contributed by atoms with Gasteiger partial charge in [-0.1, -0.05) is 26.2 Å². The number of carbonyl (C=O) groups is 3. The van der Waals surface area contributed by atoms with Crippen LogP contribution >= 0.6 is 0 Å². The highest BCUT2D eigenvalue weighted by Crippen LogP contribution is 2.36. The Hall–Kier alpha value is -1.59. The Labute approximate surface area is 125 Å². The monoisotopic (exact) mass is 295 g/mol. The van der Waals surface area contributed by atoms with Gasteiger partial charge in [-0.2, -0.15) is 0 Å². The molecule has 1 aliphatic heterocycles. The molecule has 21 heavy (non-hydrogen) atoms. The number of nitrogens with one attached hydrogen (secondary N) is 2. The van der Waals surface area contributed by atoms with E-state index >= 15 is 0 Å². The summed E-state index contributed by atoms with van der Waals surface area (Å²) in [6.45, 7) is 5.82. The summed E-state index contributed by atoms with van der Waals surface area (Å²) in [6, 6.07) is -0.439. The van der Waals surface area contributed by atoms with Crippen LogP contribution in [0.15, 0.2) is 0 Å². The van der Waals surface area contributed by atoms with E-state index in [9.17, 15) is 14.4 Å². The maximum absolute atomic E-state index is 12.2. The van der Waals surface area contributed by atoms with Crippen LogP contribution in [0.5, 0.6) is 0 Å². The Kier molecular flexibility index (Phi) is 4.25. The first kappa shape index (κ1) is 15.8. The molecule has 1 heterocycles. The largest absolute Gasteiger partial charge is 0.350 e. The van der Waals surface area contributed by atoms with Crippen LogP contribution in [0.2, 0.25) is 0 Å². The number of amides is 4. The molecule has 0 aromatic heterocycles. The van der Waals surface area contributed by atoms with Gasteiger partial charge in [0.25, 0.3) is 5.91 Å². The molecule has 1 aliphatic carbocycles. The molecule has 0 unspecified atom stereocenters. The lowest BCUT2D eigenvalue weighted by molar-refractivity contribution is -0.130. The number of carbonyl (C=O) groups excluding carboxylic acids is 3. The zero-order valence-electron chi connectivity index (χ0n) is 13.1. The fourth-order valence-electron chi connectivity index (χ4n) is 3.10. The Bertz CT molecular complexity index is 453. The van der Waals surface area contributed by atoms with Gasteiger partial charge >= 0.3 is 6.03 Å². The summed E-state index contributed by atoms with van der Waals surface area (Å²) in [4.78, 5) is 37.9. The van der Waals surface area contributed by atoms with Gasteiger partial charge in [-0.15, -0.1) is 0 Å². The molecule has 0 aromatic carbocycles. The maximum atomic E-state index is 12.2. The zero-order valence-corrected chi connectivity index (χ0v) is 13.1. The summed E-state index contributed by atoms with van der Waals surface area (Å²) in [5, 5.41) is 5.30. The van der Waals surface area contributed by atoms with Crippen molar-refractivity contribution in [1.29, 1.82) is 0 Å². The summed E-state index contributed by atoms with van der Waals surface area (Å²) >= 11 is 0. The fraction of sp³-hybridized carbons (Fsp3) is 0.800. The average Bonchev–Trinajstić information content (AvgIpc) is 2.64. The molecule has 0 atom stereocenters. The van der Waals surface area contributed by atoms with Gasteiger partial charge < -0.3 is 10.2 Å². The molecule has 0 bridgehead atoms. The van der Waals surface area contributed by atoms with Gasteiger partial charge in [0.05, 0.1) is 0 Å². The molecule has 6 heteroatoms. The quantitative estimate of drug-likeness (QED) is 0.772. The Morgan fingerprint density at radius 1 is 1.29 bits per heavy atom. The van der Waals surface area contributed by atoms with E-state index in [4.69, 9.17) is 0 Å². The van der Waals surface area contributed by atoms with Gasteiger partial charge in [0, 0.05) is 5.54 Å². The number of imide groups is 1. The first-order valence-corrected chi connectivity index (χ1v) is 7.75. The number of hydrogen-bond donors (Lipinski definition) is 2. The Morgan fingerprint density at radius 2 is 1.90 bits per heavy atom. The van der Waals surface area contributed by atoms with Crippen molar-refractivity contribution in [3.05, 3.63) is 0 Å². The first-order valence-electron chi connectivity index (χ1n) is 7.75. The minimum Gasteiger partial charge on any atom is -0.350 e. The summed E-state index contributed by atoms with van der Waals surface area (Å²) < 4.78 is 0. The first-order chi connectivity index (χ1) is 9.81. The number of rotatable bonds is 4. The second kappa shape index (κ2) is 5.66. The molecule has 6 nitrogen and oxygen atoms in total. The molecule has 118 valence electrons. The minimum atomic E-state index is -0.803. The fourth-order valence-corrected chi connectivity index (χ4v) is 3.10. The Morgan fingerprint density at radius 3 is 2.48 bits per heavy atom. The van der Waals surface area contributed by atoms with Gasteiger partial charge in [-0.3, -0.25) is 14.9 Å². The Balaban J connectivity index is 2.11. The second-order valence-corrected chi connectivity index (χ2v) is 6.72. The highest BCUT2D eigenvalue weighted by atomic mass is 16.2. The molecule has 1 saturated heterocycles. The van der Waals surface area contributed by atoms with E-state index in [2.05, 4.69) is 10.6 Å². The lowest BCUT2D eigenvalue weighted by Crippen LogP contribution is -2.55. The van der Waals surface area contributed by atoms with Crippen LogP contribution in [0.3, 0.4) is 0 Å². The van der Waals surface area contributed by atoms with Gasteiger partial charge in [-0.05, 0) is 33.1 Å². The van der Waals surface area contributed by atoms with Crippen molar-refractivity contribution in [3.63, 3.8) is 0 Å². The molecule has 4 amide bonds. The van der Waals surface area contributed by atoms with Crippen molar-refractivity contribution < 1.29 is 14.4 Å². The van der Waals surface area contributed by atoms with Crippen molar-refractivity contribution >= 4 is 17.8 Å². The molecule has 1 saturated carbocycles. The highest BCUT2D eigenvalue weighted by Gasteiger charge is 2.53. The van der Waals surface area contributed by atoms with E-state index in [0.29, 0.717) is 12.8 Å². The summed E-state index contributed by atoms with van der Waals surface area (Å²) in [5.74, 6) is -0.452. The predicted octanol–water partition coefficient (Wildman–Crippen LogP) is 1.55. The normalized spacial score (nSPS) is 21.6. The summed E-state index contributed by atoms with van der Waals surface area (Å²) in [7, 11) is 0. The predicted molar refractivity (Wildman–Crippen MR) is 78.6 cm³/mol. The molecular weight excluding hydrogens is 270 g/mol. The molecule has 0 aromatic rings. The van der Waals surface area contributed by atoms with Crippen molar-refractivity contribution in [2.24, 2.45) is 0 Å². The molecule has 2 rings (SSSR count). The second-order valence-electron chi connectivity index (χ2n) is 6.72. The van der Waals surface area contributed by atoms with Crippen LogP contribution in [0, 0.1) is 0 Å². The van der Waals surface area contributed by atoms with Crippen LogP contribution in [-0.4, -0.2) is 40.4 Å². The van der Waals surface area contributed by atoms with Gasteiger partial charge in [0.2, 0.25) is 5.91 Å². The van der Waals surface area contributed by atoms with E-state index in [-0.39, 0.29) is 23.9 Å². The van der Waals surface area contributed by atoms with Crippen LogP contribution in [0.25, 0.3) is 0 Å². The molecule has 2 aliphatic rings. The van der Waals surface area contributed by atoms with E-state index in [1.54, 1.807) is 0 Å². The molecule has 1 spiro atoms. The zero-order chi connectivity index (χ0) is 15.7. The van der Waals surface area contributed by atoms with Crippen molar-refractivity contribution in [1.82, 2.24) is 15.5 Å². The van der Waals surface area contributed by atoms with Gasteiger partial charge in [-0.25, -0.2) is 4.79 Å². The van der Waals surface area contributed by atoms with E-state index in [0.717, 1.165) is 25.7 Å². The van der Waals surface area contributed by atoms with E-state index in [1.807, 2.05) is 20.8 Å². The third-order valence-electron chi connectivity index (χ3n) is 4.75. The number of nitrogens with zero attached hydrogens (tertiary/aromatic N) is 1. The summed E-state index contributed by atoms with van der Waals surface area (Å²) in [5.41, 5.74) is -1.11. The standard InChI is InChI=1S/C15H25N3O3/c1-4-14(2,3)17-11(19)10-18-13(21)16-12(20)15(18)8-6-5-7-9-15/h4-10H2,1-3H3,(H,17,19)(H,16,20,21). The third-order valence-corrected chi connectivity index (χ3v) is 4.75. The molecule has 0 radical (unpaired) electrons. The maximum Gasteiger partial charge on any atom is 0.325 e. The molecular formula is C15H25N3O3. The van der Waals surface area contributed by atoms with Crippen LogP contribution in [-0.2, 0) is 9.59 Å². The minimum absolute atomic E-state index is 0.0546. The molecule has 2 fully saturated rings. The molecule has 2 N–H and O–H groups in total. The lowest BCUT2D eigenvalue weighted by atomic mass is 9.80. The van der Waals surface area contributed by atoms with Crippen molar-refractivity contribution in [3.8, 4) is 0 Å². The highest BCUT2D eigenvalue weighted by molar-refractivity contribution is 6.08. The SMILES string of the molecule is CCC(C)(C)NC(=O)CN1C(=O)NC(=O)C12CCCCC2. The average molecular weight is 295 g/mol. The van der Waals surface area contributed by atoms with E-state index in [1.165, 1.54) is 4.90 Å². The lowest BCUT2D eigenvalue weighted by Gasteiger charge is -2.38. The van der Waals surface area contributed by atoms with Crippen molar-refractivity contribution in [2.45, 2.75) is 70.4 Å². The van der Waals surface area contributed by atoms with Crippen LogP contribution < -0.4 is 10.6 Å². The van der Waals surface area contributed by atoms with Crippen LogP contribution in [0.1, 0.15) is 59.3 Å². The number of hydrogen-bond acceptors (Lipinski definition) is 3. The van der Waals surface area contributed by atoms with Gasteiger partial charge in [0.1, 0.15) is 12.1 Å². The van der Waals surface area contributed by atoms with Crippen LogP contribution in [0.4, 0.5) is 4.79 Å².